The maximum Gasteiger partial charge on any atom is 0.227 e. The van der Waals surface area contributed by atoms with Crippen LogP contribution in [0.25, 0.3) is 0 Å². The van der Waals surface area contributed by atoms with Crippen LogP contribution in [0.2, 0.25) is 5.02 Å². The van der Waals surface area contributed by atoms with E-state index >= 15 is 0 Å². The highest BCUT2D eigenvalue weighted by atomic mass is 35.5. The minimum atomic E-state index is -0.234. The van der Waals surface area contributed by atoms with Gasteiger partial charge in [0, 0.05) is 23.0 Å². The van der Waals surface area contributed by atoms with Gasteiger partial charge in [0.25, 0.3) is 0 Å². The van der Waals surface area contributed by atoms with Crippen LogP contribution >= 0.6 is 23.8 Å². The summed E-state index contributed by atoms with van der Waals surface area (Å²) >= 11 is 10.6. The normalized spacial score (nSPS) is 11.9. The lowest BCUT2D eigenvalue weighted by Crippen LogP contribution is -2.25. The van der Waals surface area contributed by atoms with Crippen molar-refractivity contribution in [3.8, 4) is 0 Å². The lowest BCUT2D eigenvalue weighted by molar-refractivity contribution is -0.119. The number of nitrogens with two attached hydrogens (primary N) is 1. The van der Waals surface area contributed by atoms with Crippen LogP contribution in [0.3, 0.4) is 0 Å². The van der Waals surface area contributed by atoms with Crippen LogP contribution < -0.4 is 11.1 Å². The van der Waals surface area contributed by atoms with E-state index < -0.39 is 0 Å². The van der Waals surface area contributed by atoms with Crippen LogP contribution in [0.5, 0.6) is 0 Å². The van der Waals surface area contributed by atoms with E-state index in [1.165, 1.54) is 0 Å². The van der Waals surface area contributed by atoms with Crippen molar-refractivity contribution in [2.45, 2.75) is 20.3 Å². The molecule has 1 amide bonds. The highest BCUT2D eigenvalue weighted by Crippen LogP contribution is 2.20. The summed E-state index contributed by atoms with van der Waals surface area (Å²) in [4.78, 5) is 12.2. The van der Waals surface area contributed by atoms with Crippen LogP contribution in [0.4, 0.5) is 5.69 Å². The first-order chi connectivity index (χ1) is 7.90. The topological polar surface area (TPSA) is 55.1 Å². The van der Waals surface area contributed by atoms with Gasteiger partial charge in [-0.3, -0.25) is 4.79 Å². The SMILES string of the molecule is Cc1cc(Cl)ccc1NC(=O)C(C)CC(N)=S. The molecule has 1 atom stereocenters. The predicted molar refractivity (Wildman–Crippen MR) is 75.4 cm³/mol. The average Bonchev–Trinajstić information content (AvgIpc) is 2.21. The maximum atomic E-state index is 11.8. The molecule has 5 heteroatoms. The van der Waals surface area contributed by atoms with Gasteiger partial charge < -0.3 is 11.1 Å². The summed E-state index contributed by atoms with van der Waals surface area (Å²) in [5.74, 6) is -0.328. The molecule has 3 nitrogen and oxygen atoms in total. The zero-order valence-corrected chi connectivity index (χ0v) is 11.4. The first kappa shape index (κ1) is 13.9. The summed E-state index contributed by atoms with van der Waals surface area (Å²) in [6.07, 6.45) is 0.411. The number of carbonyl (C=O) groups is 1. The molecule has 17 heavy (non-hydrogen) atoms. The lowest BCUT2D eigenvalue weighted by atomic mass is 10.1. The summed E-state index contributed by atoms with van der Waals surface area (Å²) in [5.41, 5.74) is 7.09. The third-order valence-electron chi connectivity index (χ3n) is 2.40. The standard InChI is InChI=1S/C12H15ClN2OS/c1-7-5-9(13)3-4-10(7)15-12(16)8(2)6-11(14)17/h3-5,8H,6H2,1-2H3,(H2,14,17)(H,15,16). The largest absolute Gasteiger partial charge is 0.393 e. The molecule has 92 valence electrons. The number of rotatable bonds is 4. The first-order valence-corrected chi connectivity index (χ1v) is 6.04. The monoisotopic (exact) mass is 270 g/mol. The number of aryl methyl sites for hydroxylation is 1. The van der Waals surface area contributed by atoms with E-state index in [2.05, 4.69) is 5.32 Å². The van der Waals surface area contributed by atoms with Gasteiger partial charge >= 0.3 is 0 Å². The molecule has 1 aromatic rings. The molecular weight excluding hydrogens is 256 g/mol. The molecule has 0 saturated heterocycles. The molecule has 0 aliphatic rings. The number of carbonyl (C=O) groups excluding carboxylic acids is 1. The van der Waals surface area contributed by atoms with Crippen LogP contribution in [0.1, 0.15) is 18.9 Å². The number of nitrogens with one attached hydrogen (secondary N) is 1. The number of thiocarbonyl (C=S) groups is 1. The first-order valence-electron chi connectivity index (χ1n) is 5.25. The van der Waals surface area contributed by atoms with Crippen molar-refractivity contribution in [2.24, 2.45) is 11.7 Å². The average molecular weight is 271 g/mol. The Kier molecular flexibility index (Phi) is 4.90. The van der Waals surface area contributed by atoms with E-state index in [9.17, 15) is 4.79 Å². The molecule has 0 aliphatic heterocycles. The van der Waals surface area contributed by atoms with Crippen LogP contribution in [0.15, 0.2) is 18.2 Å². The van der Waals surface area contributed by atoms with Gasteiger partial charge in [0.15, 0.2) is 0 Å². The maximum absolute atomic E-state index is 11.8. The number of hydrogen-bond donors (Lipinski definition) is 2. The number of benzene rings is 1. The van der Waals surface area contributed by atoms with E-state index in [1.54, 1.807) is 25.1 Å². The van der Waals surface area contributed by atoms with E-state index in [0.29, 0.717) is 16.4 Å². The van der Waals surface area contributed by atoms with Gasteiger partial charge in [-0.1, -0.05) is 30.7 Å². The van der Waals surface area contributed by atoms with Crippen molar-refractivity contribution in [1.82, 2.24) is 0 Å². The van der Waals surface area contributed by atoms with Crippen molar-refractivity contribution in [2.75, 3.05) is 5.32 Å². The molecule has 0 saturated carbocycles. The molecule has 0 aliphatic carbocycles. The predicted octanol–water partition coefficient (Wildman–Crippen LogP) is 2.90. The number of amides is 1. The molecule has 3 N–H and O–H groups in total. The molecule has 1 aromatic carbocycles. The Balaban J connectivity index is 2.71. The Morgan fingerprint density at radius 2 is 2.24 bits per heavy atom. The summed E-state index contributed by atoms with van der Waals surface area (Å²) in [5, 5.41) is 3.48. The smallest absolute Gasteiger partial charge is 0.227 e. The van der Waals surface area contributed by atoms with Gasteiger partial charge in [-0.15, -0.1) is 0 Å². The second-order valence-electron chi connectivity index (χ2n) is 4.02. The van der Waals surface area contributed by atoms with E-state index in [1.807, 2.05) is 6.92 Å². The third kappa shape index (κ3) is 4.32. The Bertz CT molecular complexity index is 448. The zero-order valence-electron chi connectivity index (χ0n) is 9.79. The summed E-state index contributed by atoms with van der Waals surface area (Å²) in [7, 11) is 0. The minimum Gasteiger partial charge on any atom is -0.393 e. The Morgan fingerprint density at radius 1 is 1.59 bits per heavy atom. The van der Waals surface area contributed by atoms with Crippen molar-refractivity contribution < 1.29 is 4.79 Å². The highest BCUT2D eigenvalue weighted by molar-refractivity contribution is 7.80. The van der Waals surface area contributed by atoms with Gasteiger partial charge in [-0.25, -0.2) is 0 Å². The summed E-state index contributed by atoms with van der Waals surface area (Å²) in [6, 6.07) is 5.32. The molecule has 1 unspecified atom stereocenters. The molecular formula is C12H15ClN2OS. The molecule has 0 radical (unpaired) electrons. The van der Waals surface area contributed by atoms with Gasteiger partial charge in [0.2, 0.25) is 5.91 Å². The van der Waals surface area contributed by atoms with Gasteiger partial charge in [-0.2, -0.15) is 0 Å². The second kappa shape index (κ2) is 5.98. The number of halogens is 1. The molecule has 0 bridgehead atoms. The Morgan fingerprint density at radius 3 is 2.76 bits per heavy atom. The van der Waals surface area contributed by atoms with Crippen LogP contribution in [-0.4, -0.2) is 10.9 Å². The Labute approximate surface area is 111 Å². The summed E-state index contributed by atoms with van der Waals surface area (Å²) in [6.45, 7) is 3.68. The lowest BCUT2D eigenvalue weighted by Gasteiger charge is -2.13. The van der Waals surface area contributed by atoms with Crippen molar-refractivity contribution in [3.05, 3.63) is 28.8 Å². The van der Waals surface area contributed by atoms with Crippen molar-refractivity contribution in [1.29, 1.82) is 0 Å². The van der Waals surface area contributed by atoms with Gasteiger partial charge in [0.05, 0.1) is 4.99 Å². The van der Waals surface area contributed by atoms with E-state index in [0.717, 1.165) is 11.3 Å². The van der Waals surface area contributed by atoms with Gasteiger partial charge in [0.1, 0.15) is 0 Å². The molecule has 0 fully saturated rings. The quantitative estimate of drug-likeness (QED) is 0.827. The van der Waals surface area contributed by atoms with Gasteiger partial charge in [-0.05, 0) is 30.7 Å². The zero-order chi connectivity index (χ0) is 13.0. The van der Waals surface area contributed by atoms with Crippen LogP contribution in [0, 0.1) is 12.8 Å². The molecule has 1 rings (SSSR count). The highest BCUT2D eigenvalue weighted by Gasteiger charge is 2.14. The second-order valence-corrected chi connectivity index (χ2v) is 4.98. The molecule has 0 spiro atoms. The number of anilines is 1. The van der Waals surface area contributed by atoms with Crippen LogP contribution in [-0.2, 0) is 4.79 Å². The fraction of sp³-hybridized carbons (Fsp3) is 0.333. The van der Waals surface area contributed by atoms with E-state index in [-0.39, 0.29) is 11.8 Å². The van der Waals surface area contributed by atoms with Crippen molar-refractivity contribution in [3.63, 3.8) is 0 Å². The third-order valence-corrected chi connectivity index (χ3v) is 2.80. The molecule has 0 heterocycles. The van der Waals surface area contributed by atoms with E-state index in [4.69, 9.17) is 29.6 Å². The number of hydrogen-bond acceptors (Lipinski definition) is 2. The van der Waals surface area contributed by atoms with Crippen molar-refractivity contribution >= 4 is 40.4 Å². The molecule has 0 aromatic heterocycles. The fourth-order valence-electron chi connectivity index (χ4n) is 1.42. The minimum absolute atomic E-state index is 0.0942. The Hall–Kier alpha value is -1.13. The fourth-order valence-corrected chi connectivity index (χ4v) is 1.89. The summed E-state index contributed by atoms with van der Waals surface area (Å²) < 4.78 is 0.